The number of aromatic nitrogens is 3. The van der Waals surface area contributed by atoms with E-state index in [1.165, 1.54) is 4.57 Å². The molecule has 84 valence electrons. The Morgan fingerprint density at radius 3 is 2.94 bits per heavy atom. The Labute approximate surface area is 100.0 Å². The van der Waals surface area contributed by atoms with E-state index in [0.29, 0.717) is 22.8 Å². The highest BCUT2D eigenvalue weighted by Gasteiger charge is 2.03. The van der Waals surface area contributed by atoms with Gasteiger partial charge in [0.05, 0.1) is 0 Å². The number of pyridine rings is 1. The van der Waals surface area contributed by atoms with E-state index < -0.39 is 0 Å². The lowest BCUT2D eigenvalue weighted by atomic mass is 9.98. The van der Waals surface area contributed by atoms with Crippen LogP contribution in [0.25, 0.3) is 0 Å². The lowest BCUT2D eigenvalue weighted by molar-refractivity contribution is 0.868. The molecule has 6 heteroatoms. The molecule has 2 aromatic heterocycles. The maximum absolute atomic E-state index is 11.8. The number of aryl methyl sites for hydroxylation is 2. The van der Waals surface area contributed by atoms with E-state index in [1.807, 2.05) is 0 Å². The molecule has 2 heterocycles. The summed E-state index contributed by atoms with van der Waals surface area (Å²) < 4.78 is 1.42. The molecule has 2 aromatic rings. The molecular weight excluding hydrogens is 215 g/mol. The molecule has 0 spiro atoms. The van der Waals surface area contributed by atoms with Crippen molar-refractivity contribution in [3.63, 3.8) is 0 Å². The van der Waals surface area contributed by atoms with Gasteiger partial charge in [-0.15, -0.1) is 0 Å². The van der Waals surface area contributed by atoms with Gasteiger partial charge in [-0.05, 0) is 25.3 Å². The van der Waals surface area contributed by atoms with E-state index in [1.54, 1.807) is 38.5 Å². The molecule has 0 amide bonds. The average molecular weight is 226 g/mol. The van der Waals surface area contributed by atoms with E-state index >= 15 is 0 Å². The average Bonchev–Trinajstić information content (AvgIpc) is 2.25. The third-order valence-electron chi connectivity index (χ3n) is 2.24. The van der Waals surface area contributed by atoms with Gasteiger partial charge in [-0.2, -0.15) is 0 Å². The Morgan fingerprint density at radius 1 is 1.47 bits per heavy atom. The number of hydrogen-bond donors (Lipinski definition) is 1. The summed E-state index contributed by atoms with van der Waals surface area (Å²) in [7, 11) is 7.33. The second kappa shape index (κ2) is 4.41. The lowest BCUT2D eigenvalue weighted by Gasteiger charge is -2.08. The summed E-state index contributed by atoms with van der Waals surface area (Å²) in [5.41, 5.74) is 0.751. The van der Waals surface area contributed by atoms with Gasteiger partial charge in [0.2, 0.25) is 0 Å². The molecule has 0 saturated heterocycles. The van der Waals surface area contributed by atoms with Gasteiger partial charge >= 0.3 is 0 Å². The standard InChI is InChI=1S/C11H11BN4O/c1-7-13-4-3-10(14-7)15-9-5-8(12)6-16(2)11(9)17/h3-6H,1-2H3,(H,13,14,15). The monoisotopic (exact) mass is 226 g/mol. The zero-order valence-electron chi connectivity index (χ0n) is 9.64. The van der Waals surface area contributed by atoms with Crippen molar-refractivity contribution < 1.29 is 0 Å². The van der Waals surface area contributed by atoms with Gasteiger partial charge in [0.1, 0.15) is 25.2 Å². The Bertz CT molecular complexity index is 609. The number of rotatable bonds is 2. The van der Waals surface area contributed by atoms with Crippen LogP contribution in [0.2, 0.25) is 0 Å². The molecular formula is C11H11BN4O. The fraction of sp³-hybridized carbons (Fsp3) is 0.182. The summed E-state index contributed by atoms with van der Waals surface area (Å²) in [6.45, 7) is 1.78. The van der Waals surface area contributed by atoms with Gasteiger partial charge in [0.25, 0.3) is 5.56 Å². The largest absolute Gasteiger partial charge is 0.336 e. The Hall–Kier alpha value is -2.11. The van der Waals surface area contributed by atoms with Crippen LogP contribution in [0.3, 0.4) is 0 Å². The van der Waals surface area contributed by atoms with Gasteiger partial charge in [-0.3, -0.25) is 4.79 Å². The van der Waals surface area contributed by atoms with Crippen LogP contribution in [0.5, 0.6) is 0 Å². The number of anilines is 2. The Kier molecular flexibility index (Phi) is 2.95. The molecule has 0 atom stereocenters. The molecule has 0 aliphatic rings. The first-order valence-corrected chi connectivity index (χ1v) is 5.09. The van der Waals surface area contributed by atoms with Crippen molar-refractivity contribution in [2.24, 2.45) is 7.05 Å². The minimum atomic E-state index is -0.157. The molecule has 17 heavy (non-hydrogen) atoms. The lowest BCUT2D eigenvalue weighted by Crippen LogP contribution is -2.24. The van der Waals surface area contributed by atoms with Crippen molar-refractivity contribution in [1.29, 1.82) is 0 Å². The first-order chi connectivity index (χ1) is 8.06. The summed E-state index contributed by atoms with van der Waals surface area (Å²) in [5, 5.41) is 2.93. The predicted molar refractivity (Wildman–Crippen MR) is 67.1 cm³/mol. The van der Waals surface area contributed by atoms with Crippen LogP contribution in [0.1, 0.15) is 5.82 Å². The summed E-state index contributed by atoms with van der Waals surface area (Å²) in [4.78, 5) is 19.9. The number of hydrogen-bond acceptors (Lipinski definition) is 4. The molecule has 0 aliphatic carbocycles. The summed E-state index contributed by atoms with van der Waals surface area (Å²) in [5.74, 6) is 1.20. The number of nitrogens with one attached hydrogen (secondary N) is 1. The smallest absolute Gasteiger partial charge is 0.273 e. The van der Waals surface area contributed by atoms with Crippen LogP contribution in [-0.4, -0.2) is 22.4 Å². The fourth-order valence-electron chi connectivity index (χ4n) is 1.49. The highest BCUT2D eigenvalue weighted by atomic mass is 16.1. The van der Waals surface area contributed by atoms with Crippen molar-refractivity contribution in [2.75, 3.05) is 5.32 Å². The van der Waals surface area contributed by atoms with Crippen LogP contribution in [-0.2, 0) is 7.05 Å². The molecule has 0 aromatic carbocycles. The topological polar surface area (TPSA) is 59.8 Å². The van der Waals surface area contributed by atoms with Gasteiger partial charge < -0.3 is 9.88 Å². The van der Waals surface area contributed by atoms with Crippen molar-refractivity contribution in [2.45, 2.75) is 6.92 Å². The van der Waals surface area contributed by atoms with Crippen LogP contribution >= 0.6 is 0 Å². The highest BCUT2D eigenvalue weighted by Crippen LogP contribution is 2.08. The van der Waals surface area contributed by atoms with E-state index in [-0.39, 0.29) is 5.56 Å². The van der Waals surface area contributed by atoms with Gasteiger partial charge in [-0.25, -0.2) is 9.97 Å². The molecule has 1 N–H and O–H groups in total. The maximum Gasteiger partial charge on any atom is 0.273 e. The van der Waals surface area contributed by atoms with Crippen LogP contribution in [0.15, 0.2) is 29.3 Å². The van der Waals surface area contributed by atoms with E-state index in [0.717, 1.165) is 0 Å². The summed E-state index contributed by atoms with van der Waals surface area (Å²) >= 11 is 0. The van der Waals surface area contributed by atoms with E-state index in [4.69, 9.17) is 7.85 Å². The first kappa shape index (κ1) is 11.4. The van der Waals surface area contributed by atoms with E-state index in [2.05, 4.69) is 15.3 Å². The third-order valence-corrected chi connectivity index (χ3v) is 2.24. The summed E-state index contributed by atoms with van der Waals surface area (Å²) in [6, 6.07) is 3.27. The Morgan fingerprint density at radius 2 is 2.24 bits per heavy atom. The second-order valence-electron chi connectivity index (χ2n) is 3.72. The second-order valence-corrected chi connectivity index (χ2v) is 3.72. The summed E-state index contributed by atoms with van der Waals surface area (Å²) in [6.07, 6.45) is 3.19. The van der Waals surface area contributed by atoms with Gasteiger partial charge in [-0.1, -0.05) is 5.46 Å². The first-order valence-electron chi connectivity index (χ1n) is 5.09. The quantitative estimate of drug-likeness (QED) is 0.733. The molecule has 0 unspecified atom stereocenters. The van der Waals surface area contributed by atoms with Crippen molar-refractivity contribution in [3.8, 4) is 0 Å². The van der Waals surface area contributed by atoms with Crippen molar-refractivity contribution >= 4 is 24.8 Å². The zero-order valence-corrected chi connectivity index (χ0v) is 9.64. The predicted octanol–water partition coefficient (Wildman–Crippen LogP) is 0.0211. The third kappa shape index (κ3) is 2.53. The molecule has 0 fully saturated rings. The van der Waals surface area contributed by atoms with Crippen molar-refractivity contribution in [1.82, 2.24) is 14.5 Å². The SMILES string of the molecule is [B]c1cc(Nc2ccnc(C)n2)c(=O)n(C)c1. The molecule has 2 radical (unpaired) electrons. The molecule has 2 rings (SSSR count). The highest BCUT2D eigenvalue weighted by molar-refractivity contribution is 6.32. The minimum Gasteiger partial charge on any atom is -0.336 e. The Balaban J connectivity index is 2.40. The van der Waals surface area contributed by atoms with Crippen LogP contribution < -0.4 is 16.3 Å². The maximum atomic E-state index is 11.8. The molecule has 0 bridgehead atoms. The van der Waals surface area contributed by atoms with Crippen LogP contribution in [0.4, 0.5) is 11.5 Å². The van der Waals surface area contributed by atoms with Gasteiger partial charge in [0.15, 0.2) is 0 Å². The zero-order chi connectivity index (χ0) is 12.4. The molecule has 0 aliphatic heterocycles. The minimum absolute atomic E-state index is 0.157. The molecule has 5 nitrogen and oxygen atoms in total. The normalized spacial score (nSPS) is 10.2. The van der Waals surface area contributed by atoms with Crippen LogP contribution in [0, 0.1) is 6.92 Å². The fourth-order valence-corrected chi connectivity index (χ4v) is 1.49. The number of nitrogens with zero attached hydrogens (tertiary/aromatic N) is 3. The molecule has 0 saturated carbocycles. The van der Waals surface area contributed by atoms with Gasteiger partial charge in [0, 0.05) is 13.2 Å². The van der Waals surface area contributed by atoms with E-state index in [9.17, 15) is 4.79 Å². The van der Waals surface area contributed by atoms with Crippen molar-refractivity contribution in [3.05, 3.63) is 40.7 Å².